The van der Waals surface area contributed by atoms with Gasteiger partial charge in [0, 0.05) is 38.4 Å². The lowest BCUT2D eigenvalue weighted by molar-refractivity contribution is -0.131. The Morgan fingerprint density at radius 1 is 1.19 bits per heavy atom. The molecule has 0 unspecified atom stereocenters. The van der Waals surface area contributed by atoms with E-state index >= 15 is 0 Å². The van der Waals surface area contributed by atoms with E-state index in [4.69, 9.17) is 0 Å². The van der Waals surface area contributed by atoms with E-state index in [-0.39, 0.29) is 5.91 Å². The number of likely N-dealkylation sites (N-methyl/N-ethyl adjacent to an activating group) is 2. The van der Waals surface area contributed by atoms with Gasteiger partial charge in [0.1, 0.15) is 0 Å². The minimum Gasteiger partial charge on any atom is -0.362 e. The molecule has 116 valence electrons. The Bertz CT molecular complexity index is 467. The van der Waals surface area contributed by atoms with Gasteiger partial charge >= 0.3 is 0 Å². The molecule has 0 radical (unpaired) electrons. The molecule has 0 bridgehead atoms. The number of carbonyl (C=O) groups excluding carboxylic acids is 1. The van der Waals surface area contributed by atoms with Gasteiger partial charge in [0.2, 0.25) is 5.91 Å². The summed E-state index contributed by atoms with van der Waals surface area (Å²) in [5.41, 5.74) is 2.37. The molecule has 0 aromatic heterocycles. The molecule has 4 nitrogen and oxygen atoms in total. The van der Waals surface area contributed by atoms with Gasteiger partial charge in [0.05, 0.1) is 6.54 Å². The first-order chi connectivity index (χ1) is 10.1. The van der Waals surface area contributed by atoms with Gasteiger partial charge in [0.25, 0.3) is 0 Å². The van der Waals surface area contributed by atoms with Crippen LogP contribution in [0.25, 0.3) is 0 Å². The summed E-state index contributed by atoms with van der Waals surface area (Å²) in [6.07, 6.45) is 0. The smallest absolute Gasteiger partial charge is 0.242 e. The van der Waals surface area contributed by atoms with Gasteiger partial charge in [0.15, 0.2) is 0 Å². The second kappa shape index (κ2) is 7.46. The van der Waals surface area contributed by atoms with Crippen molar-refractivity contribution < 1.29 is 4.79 Å². The largest absolute Gasteiger partial charge is 0.362 e. The quantitative estimate of drug-likeness (QED) is 0.829. The molecule has 1 aromatic rings. The van der Waals surface area contributed by atoms with E-state index in [1.807, 2.05) is 4.90 Å². The van der Waals surface area contributed by atoms with E-state index in [0.717, 1.165) is 45.0 Å². The van der Waals surface area contributed by atoms with Crippen LogP contribution in [0.2, 0.25) is 0 Å². The van der Waals surface area contributed by atoms with Crippen molar-refractivity contribution in [3.8, 4) is 0 Å². The van der Waals surface area contributed by atoms with E-state index < -0.39 is 0 Å². The van der Waals surface area contributed by atoms with Crippen molar-refractivity contribution in [3.05, 3.63) is 29.8 Å². The Kier molecular flexibility index (Phi) is 5.62. The minimum absolute atomic E-state index is 0.245. The Hall–Kier alpha value is -1.55. The number of nitrogens with zero attached hydrogens (tertiary/aromatic N) is 3. The van der Waals surface area contributed by atoms with E-state index in [2.05, 4.69) is 54.8 Å². The Morgan fingerprint density at radius 2 is 1.90 bits per heavy atom. The fourth-order valence-corrected chi connectivity index (χ4v) is 2.79. The standard InChI is InChI=1S/C17H27N3O/c1-4-18-9-11-20(12-10-18)17(21)14-19(5-2)16-8-6-7-15(3)13-16/h6-8,13H,4-5,9-12,14H2,1-3H3. The van der Waals surface area contributed by atoms with Gasteiger partial charge in [-0.25, -0.2) is 0 Å². The number of hydrogen-bond acceptors (Lipinski definition) is 3. The molecule has 0 N–H and O–H groups in total. The maximum atomic E-state index is 12.5. The minimum atomic E-state index is 0.245. The van der Waals surface area contributed by atoms with Crippen molar-refractivity contribution in [2.45, 2.75) is 20.8 Å². The molecule has 2 rings (SSSR count). The van der Waals surface area contributed by atoms with Crippen LogP contribution in [0.5, 0.6) is 0 Å². The second-order valence-corrected chi connectivity index (χ2v) is 5.67. The lowest BCUT2D eigenvalue weighted by Crippen LogP contribution is -2.51. The number of aryl methyl sites for hydroxylation is 1. The summed E-state index contributed by atoms with van der Waals surface area (Å²) >= 11 is 0. The van der Waals surface area contributed by atoms with Gasteiger partial charge in [-0.2, -0.15) is 0 Å². The first-order valence-electron chi connectivity index (χ1n) is 7.95. The highest BCUT2D eigenvalue weighted by atomic mass is 16.2. The van der Waals surface area contributed by atoms with Gasteiger partial charge < -0.3 is 14.7 Å². The third kappa shape index (κ3) is 4.21. The third-order valence-corrected chi connectivity index (χ3v) is 4.25. The number of benzene rings is 1. The van der Waals surface area contributed by atoms with Crippen LogP contribution < -0.4 is 4.90 Å². The number of hydrogen-bond donors (Lipinski definition) is 0. The summed E-state index contributed by atoms with van der Waals surface area (Å²) in [6, 6.07) is 8.37. The molecule has 0 aliphatic carbocycles. The predicted molar refractivity (Wildman–Crippen MR) is 87.8 cm³/mol. The van der Waals surface area contributed by atoms with Crippen LogP contribution in [0.15, 0.2) is 24.3 Å². The van der Waals surface area contributed by atoms with E-state index in [1.54, 1.807) is 0 Å². The van der Waals surface area contributed by atoms with Crippen molar-refractivity contribution in [2.24, 2.45) is 0 Å². The number of anilines is 1. The monoisotopic (exact) mass is 289 g/mol. The van der Waals surface area contributed by atoms with E-state index in [1.165, 1.54) is 5.56 Å². The summed E-state index contributed by atoms with van der Waals surface area (Å²) in [4.78, 5) is 19.0. The van der Waals surface area contributed by atoms with Crippen LogP contribution in [0.1, 0.15) is 19.4 Å². The van der Waals surface area contributed by atoms with Crippen molar-refractivity contribution in [3.63, 3.8) is 0 Å². The average Bonchev–Trinajstić information content (AvgIpc) is 2.52. The zero-order valence-electron chi connectivity index (χ0n) is 13.5. The Balaban J connectivity index is 1.94. The molecule has 1 amide bonds. The summed E-state index contributed by atoms with van der Waals surface area (Å²) < 4.78 is 0. The van der Waals surface area contributed by atoms with Crippen LogP contribution in [0, 0.1) is 6.92 Å². The molecule has 1 aliphatic rings. The van der Waals surface area contributed by atoms with Crippen molar-refractivity contribution >= 4 is 11.6 Å². The maximum absolute atomic E-state index is 12.5. The number of piperazine rings is 1. The molecule has 1 aliphatic heterocycles. The molecule has 1 fully saturated rings. The highest BCUT2D eigenvalue weighted by Crippen LogP contribution is 2.16. The van der Waals surface area contributed by atoms with Gasteiger partial charge in [-0.05, 0) is 38.1 Å². The third-order valence-electron chi connectivity index (χ3n) is 4.25. The van der Waals surface area contributed by atoms with Crippen LogP contribution in [-0.2, 0) is 4.79 Å². The molecule has 1 saturated heterocycles. The fourth-order valence-electron chi connectivity index (χ4n) is 2.79. The summed E-state index contributed by atoms with van der Waals surface area (Å²) in [5.74, 6) is 0.245. The average molecular weight is 289 g/mol. The number of rotatable bonds is 5. The highest BCUT2D eigenvalue weighted by Gasteiger charge is 2.21. The molecule has 21 heavy (non-hydrogen) atoms. The van der Waals surface area contributed by atoms with E-state index in [0.29, 0.717) is 6.54 Å². The molecule has 0 spiro atoms. The first kappa shape index (κ1) is 15.8. The van der Waals surface area contributed by atoms with Crippen molar-refractivity contribution in [1.29, 1.82) is 0 Å². The zero-order chi connectivity index (χ0) is 15.2. The lowest BCUT2D eigenvalue weighted by Gasteiger charge is -2.35. The zero-order valence-corrected chi connectivity index (χ0v) is 13.5. The van der Waals surface area contributed by atoms with Crippen LogP contribution in [0.4, 0.5) is 5.69 Å². The lowest BCUT2D eigenvalue weighted by atomic mass is 10.2. The summed E-state index contributed by atoms with van der Waals surface area (Å²) in [5, 5.41) is 0. The molecule has 0 atom stereocenters. The van der Waals surface area contributed by atoms with E-state index in [9.17, 15) is 4.79 Å². The molecule has 0 saturated carbocycles. The van der Waals surface area contributed by atoms with Gasteiger partial charge in [-0.3, -0.25) is 4.79 Å². The van der Waals surface area contributed by atoms with Crippen LogP contribution >= 0.6 is 0 Å². The second-order valence-electron chi connectivity index (χ2n) is 5.67. The van der Waals surface area contributed by atoms with Crippen LogP contribution in [0.3, 0.4) is 0 Å². The molecule has 4 heteroatoms. The van der Waals surface area contributed by atoms with Gasteiger partial charge in [-0.1, -0.05) is 19.1 Å². The normalized spacial score (nSPS) is 16.0. The maximum Gasteiger partial charge on any atom is 0.242 e. The predicted octanol–water partition coefficient (Wildman–Crippen LogP) is 1.99. The topological polar surface area (TPSA) is 26.8 Å². The molecular weight excluding hydrogens is 262 g/mol. The van der Waals surface area contributed by atoms with Gasteiger partial charge in [-0.15, -0.1) is 0 Å². The SMILES string of the molecule is CCN1CCN(C(=O)CN(CC)c2cccc(C)c2)CC1. The number of amides is 1. The fraction of sp³-hybridized carbons (Fsp3) is 0.588. The van der Waals surface area contributed by atoms with Crippen molar-refractivity contribution in [1.82, 2.24) is 9.80 Å². The van der Waals surface area contributed by atoms with Crippen LogP contribution in [-0.4, -0.2) is 61.5 Å². The molecule has 1 heterocycles. The Labute approximate surface area is 128 Å². The Morgan fingerprint density at radius 3 is 2.48 bits per heavy atom. The van der Waals surface area contributed by atoms with Crippen molar-refractivity contribution in [2.75, 3.05) is 50.7 Å². The molecule has 1 aromatic carbocycles. The number of carbonyl (C=O) groups is 1. The highest BCUT2D eigenvalue weighted by molar-refractivity contribution is 5.81. The summed E-state index contributed by atoms with van der Waals surface area (Å²) in [6.45, 7) is 12.5. The summed E-state index contributed by atoms with van der Waals surface area (Å²) in [7, 11) is 0. The molecular formula is C17H27N3O. The first-order valence-corrected chi connectivity index (χ1v) is 7.95.